The maximum absolute atomic E-state index is 10.2. The summed E-state index contributed by atoms with van der Waals surface area (Å²) in [4.78, 5) is 0. The van der Waals surface area contributed by atoms with Crippen LogP contribution < -0.4 is 0 Å². The van der Waals surface area contributed by atoms with Gasteiger partial charge in [-0.05, 0) is 63.2 Å². The van der Waals surface area contributed by atoms with Gasteiger partial charge in [0.25, 0.3) is 0 Å². The van der Waals surface area contributed by atoms with Crippen LogP contribution in [0.2, 0.25) is 0 Å². The highest BCUT2D eigenvalue weighted by Crippen LogP contribution is 2.54. The number of hydrogen-bond acceptors (Lipinski definition) is 1. The van der Waals surface area contributed by atoms with Crippen molar-refractivity contribution in [2.75, 3.05) is 0 Å². The topological polar surface area (TPSA) is 20.2 Å². The van der Waals surface area contributed by atoms with Gasteiger partial charge >= 0.3 is 0 Å². The summed E-state index contributed by atoms with van der Waals surface area (Å²) < 4.78 is 0. The molecular formula is C13H20O. The lowest BCUT2D eigenvalue weighted by Crippen LogP contribution is -2.25. The van der Waals surface area contributed by atoms with Crippen molar-refractivity contribution in [3.63, 3.8) is 0 Å². The lowest BCUT2D eigenvalue weighted by Gasteiger charge is -2.29. The minimum atomic E-state index is -0.256. The zero-order valence-corrected chi connectivity index (χ0v) is 8.84. The molecule has 1 heteroatoms. The van der Waals surface area contributed by atoms with Gasteiger partial charge in [-0.1, -0.05) is 11.6 Å². The average Bonchev–Trinajstić information content (AvgIpc) is 2.74. The zero-order chi connectivity index (χ0) is 9.60. The highest BCUT2D eigenvalue weighted by Gasteiger charge is 2.50. The number of aliphatic hydroxyl groups is 1. The number of allylic oxidation sites excluding steroid dienone is 2. The van der Waals surface area contributed by atoms with E-state index < -0.39 is 0 Å². The standard InChI is InChI=1S/C13H20O/c14-13-7-6-11(8-13)12(9-13)10-4-2-1-3-5-10/h4,11-12,14H,1-3,5-9H2. The Kier molecular flexibility index (Phi) is 1.98. The van der Waals surface area contributed by atoms with Gasteiger partial charge in [0, 0.05) is 0 Å². The lowest BCUT2D eigenvalue weighted by atomic mass is 9.78. The Hall–Kier alpha value is -0.300. The van der Waals surface area contributed by atoms with Crippen LogP contribution in [0.3, 0.4) is 0 Å². The van der Waals surface area contributed by atoms with E-state index in [1.807, 2.05) is 0 Å². The van der Waals surface area contributed by atoms with Crippen molar-refractivity contribution in [3.8, 4) is 0 Å². The Morgan fingerprint density at radius 2 is 2.21 bits per heavy atom. The van der Waals surface area contributed by atoms with Crippen LogP contribution in [0.15, 0.2) is 11.6 Å². The average molecular weight is 192 g/mol. The molecule has 0 aliphatic heterocycles. The van der Waals surface area contributed by atoms with Crippen LogP contribution in [0.4, 0.5) is 0 Å². The maximum Gasteiger partial charge on any atom is 0.0656 e. The quantitative estimate of drug-likeness (QED) is 0.633. The van der Waals surface area contributed by atoms with Gasteiger partial charge < -0.3 is 5.11 Å². The SMILES string of the molecule is OC12CCC(C1)C(C1=CCCCC1)C2. The van der Waals surface area contributed by atoms with E-state index in [1.165, 1.54) is 32.1 Å². The summed E-state index contributed by atoms with van der Waals surface area (Å²) in [5, 5.41) is 10.2. The van der Waals surface area contributed by atoms with Crippen molar-refractivity contribution in [2.45, 2.75) is 57.0 Å². The molecule has 0 radical (unpaired) electrons. The van der Waals surface area contributed by atoms with E-state index >= 15 is 0 Å². The molecular weight excluding hydrogens is 172 g/mol. The van der Waals surface area contributed by atoms with E-state index in [0.717, 1.165) is 31.1 Å². The Labute approximate surface area is 86.2 Å². The predicted molar refractivity (Wildman–Crippen MR) is 56.9 cm³/mol. The normalized spacial score (nSPS) is 46.8. The van der Waals surface area contributed by atoms with Gasteiger partial charge in [0.1, 0.15) is 0 Å². The van der Waals surface area contributed by atoms with Crippen LogP contribution in [0.5, 0.6) is 0 Å². The van der Waals surface area contributed by atoms with E-state index in [2.05, 4.69) is 6.08 Å². The van der Waals surface area contributed by atoms with Crippen LogP contribution in [-0.2, 0) is 0 Å². The molecule has 2 bridgehead atoms. The third-order valence-electron chi connectivity index (χ3n) is 4.59. The van der Waals surface area contributed by atoms with Crippen molar-refractivity contribution < 1.29 is 5.11 Å². The molecule has 0 heterocycles. The van der Waals surface area contributed by atoms with E-state index in [9.17, 15) is 5.11 Å². The lowest BCUT2D eigenvalue weighted by molar-refractivity contribution is 0.0452. The van der Waals surface area contributed by atoms with Crippen LogP contribution in [0, 0.1) is 11.8 Å². The third-order valence-corrected chi connectivity index (χ3v) is 4.59. The van der Waals surface area contributed by atoms with Crippen LogP contribution in [-0.4, -0.2) is 10.7 Å². The minimum absolute atomic E-state index is 0.256. The van der Waals surface area contributed by atoms with Gasteiger partial charge in [-0.2, -0.15) is 0 Å². The largest absolute Gasteiger partial charge is 0.390 e. The molecule has 78 valence electrons. The third kappa shape index (κ3) is 1.33. The summed E-state index contributed by atoms with van der Waals surface area (Å²) >= 11 is 0. The molecule has 0 amide bonds. The van der Waals surface area contributed by atoms with Gasteiger partial charge in [-0.15, -0.1) is 0 Å². The first-order chi connectivity index (χ1) is 6.77. The Balaban J connectivity index is 1.78. The van der Waals surface area contributed by atoms with Gasteiger partial charge in [-0.25, -0.2) is 0 Å². The first kappa shape index (κ1) is 8.96. The number of hydrogen-bond donors (Lipinski definition) is 1. The molecule has 3 aliphatic carbocycles. The summed E-state index contributed by atoms with van der Waals surface area (Å²) in [5.41, 5.74) is 1.44. The van der Waals surface area contributed by atoms with Crippen molar-refractivity contribution in [1.82, 2.24) is 0 Å². The molecule has 3 atom stereocenters. The number of rotatable bonds is 1. The van der Waals surface area contributed by atoms with Gasteiger partial charge in [0.15, 0.2) is 0 Å². The molecule has 3 unspecified atom stereocenters. The van der Waals surface area contributed by atoms with Gasteiger partial charge in [0.05, 0.1) is 5.60 Å². The van der Waals surface area contributed by atoms with Crippen LogP contribution >= 0.6 is 0 Å². The first-order valence-electron chi connectivity index (χ1n) is 6.18. The molecule has 2 saturated carbocycles. The first-order valence-corrected chi connectivity index (χ1v) is 6.18. The second kappa shape index (κ2) is 3.10. The summed E-state index contributed by atoms with van der Waals surface area (Å²) in [5.74, 6) is 1.58. The van der Waals surface area contributed by atoms with Crippen molar-refractivity contribution >= 4 is 0 Å². The molecule has 3 aliphatic rings. The fourth-order valence-electron chi connectivity index (χ4n) is 3.88. The van der Waals surface area contributed by atoms with Crippen molar-refractivity contribution in [1.29, 1.82) is 0 Å². The summed E-state index contributed by atoms with van der Waals surface area (Å²) in [6, 6.07) is 0. The molecule has 0 aromatic rings. The molecule has 0 aromatic heterocycles. The highest BCUT2D eigenvalue weighted by atomic mass is 16.3. The van der Waals surface area contributed by atoms with Crippen molar-refractivity contribution in [3.05, 3.63) is 11.6 Å². The second-order valence-corrected chi connectivity index (χ2v) is 5.56. The Morgan fingerprint density at radius 1 is 1.29 bits per heavy atom. The zero-order valence-electron chi connectivity index (χ0n) is 8.84. The summed E-state index contributed by atoms with van der Waals surface area (Å²) in [6.07, 6.45) is 12.4. The van der Waals surface area contributed by atoms with E-state index in [0.29, 0.717) is 0 Å². The molecule has 3 rings (SSSR count). The highest BCUT2D eigenvalue weighted by molar-refractivity contribution is 5.17. The molecule has 1 N–H and O–H groups in total. The molecule has 0 saturated heterocycles. The number of fused-ring (bicyclic) bond motifs is 2. The molecule has 0 spiro atoms. The smallest absolute Gasteiger partial charge is 0.0656 e. The predicted octanol–water partition coefficient (Wildman–Crippen LogP) is 3.04. The molecule has 0 aromatic carbocycles. The van der Waals surface area contributed by atoms with Crippen LogP contribution in [0.1, 0.15) is 51.4 Å². The Morgan fingerprint density at radius 3 is 2.79 bits per heavy atom. The van der Waals surface area contributed by atoms with E-state index in [-0.39, 0.29) is 5.60 Å². The van der Waals surface area contributed by atoms with Crippen LogP contribution in [0.25, 0.3) is 0 Å². The molecule has 14 heavy (non-hydrogen) atoms. The van der Waals surface area contributed by atoms with Crippen molar-refractivity contribution in [2.24, 2.45) is 11.8 Å². The molecule has 2 fully saturated rings. The monoisotopic (exact) mass is 192 g/mol. The van der Waals surface area contributed by atoms with Gasteiger partial charge in [0.2, 0.25) is 0 Å². The summed E-state index contributed by atoms with van der Waals surface area (Å²) in [7, 11) is 0. The maximum atomic E-state index is 10.2. The van der Waals surface area contributed by atoms with E-state index in [1.54, 1.807) is 5.57 Å². The van der Waals surface area contributed by atoms with E-state index in [4.69, 9.17) is 0 Å². The minimum Gasteiger partial charge on any atom is -0.390 e. The second-order valence-electron chi connectivity index (χ2n) is 5.56. The van der Waals surface area contributed by atoms with Gasteiger partial charge in [-0.3, -0.25) is 0 Å². The summed E-state index contributed by atoms with van der Waals surface area (Å²) in [6.45, 7) is 0. The fourth-order valence-corrected chi connectivity index (χ4v) is 3.88. The molecule has 1 nitrogen and oxygen atoms in total. The Bertz CT molecular complexity index is 268. The fraction of sp³-hybridized carbons (Fsp3) is 0.846.